The molecule has 0 radical (unpaired) electrons. The minimum atomic E-state index is -3.06. The molecule has 0 aromatic rings. The van der Waals surface area contributed by atoms with Crippen molar-refractivity contribution in [1.29, 1.82) is 0 Å². The lowest BCUT2D eigenvalue weighted by Gasteiger charge is -2.20. The normalized spacial score (nSPS) is 23.8. The summed E-state index contributed by atoms with van der Waals surface area (Å²) in [6, 6.07) is 0. The minimum absolute atomic E-state index is 0.0504. The zero-order chi connectivity index (χ0) is 26.5. The number of ketones is 2. The smallest absolute Gasteiger partial charge is 0.228 e. The summed E-state index contributed by atoms with van der Waals surface area (Å²) in [6.45, 7) is -5.53. The van der Waals surface area contributed by atoms with Crippen LogP contribution in [0.5, 0.6) is 0 Å². The summed E-state index contributed by atoms with van der Waals surface area (Å²) in [4.78, 5) is 25.6. The van der Waals surface area contributed by atoms with Crippen LogP contribution < -0.4 is 0 Å². The van der Waals surface area contributed by atoms with Gasteiger partial charge in [0.15, 0.2) is 0 Å². The van der Waals surface area contributed by atoms with Crippen molar-refractivity contribution in [1.82, 2.24) is 0 Å². The maximum Gasteiger partial charge on any atom is 0.228 e. The molecular weight excluding hydrogens is 308 g/mol. The van der Waals surface area contributed by atoms with Crippen molar-refractivity contribution >= 4 is 11.6 Å². The summed E-state index contributed by atoms with van der Waals surface area (Å²) < 4.78 is 83.8. The van der Waals surface area contributed by atoms with Gasteiger partial charge in [-0.25, -0.2) is 0 Å². The fraction of sp³-hybridized carbons (Fsp3) is 0.684. The largest absolute Gasteiger partial charge is 0.489 e. The molecule has 0 fully saturated rings. The summed E-state index contributed by atoms with van der Waals surface area (Å²) >= 11 is 0. The van der Waals surface area contributed by atoms with E-state index in [4.69, 9.17) is 23.6 Å². The van der Waals surface area contributed by atoms with E-state index in [1.54, 1.807) is 0 Å². The molecule has 0 unspecified atom stereocenters. The molecular formula is C19H30O5. The molecule has 0 aromatic carbocycles. The quantitative estimate of drug-likeness (QED) is 0.432. The van der Waals surface area contributed by atoms with E-state index in [-0.39, 0.29) is 18.4 Å². The number of allylic oxidation sites excluding steroid dienone is 2. The van der Waals surface area contributed by atoms with Gasteiger partial charge >= 0.3 is 0 Å². The predicted molar refractivity (Wildman–Crippen MR) is 92.4 cm³/mol. The second-order valence-electron chi connectivity index (χ2n) is 5.33. The van der Waals surface area contributed by atoms with E-state index < -0.39 is 61.9 Å². The lowest BCUT2D eigenvalue weighted by atomic mass is 9.89. The van der Waals surface area contributed by atoms with Gasteiger partial charge in [-0.05, 0) is 26.1 Å². The molecule has 0 amide bonds. The van der Waals surface area contributed by atoms with Crippen LogP contribution in [0.4, 0.5) is 0 Å². The molecule has 136 valence electrons. The fourth-order valence-electron chi connectivity index (χ4n) is 2.45. The molecule has 0 atom stereocenters. The number of carbonyl (C=O) groups is 2. The highest BCUT2D eigenvalue weighted by atomic mass is 16.5. The van der Waals surface area contributed by atoms with E-state index in [0.717, 1.165) is 7.11 Å². The lowest BCUT2D eigenvalue weighted by Crippen LogP contribution is -2.25. The summed E-state index contributed by atoms with van der Waals surface area (Å²) in [5.74, 6) is -3.76. The molecule has 1 N–H and O–H groups in total. The highest BCUT2D eigenvalue weighted by Crippen LogP contribution is 2.28. The Hall–Kier alpha value is -1.62. The van der Waals surface area contributed by atoms with Gasteiger partial charge in [-0.1, -0.05) is 38.5 Å². The van der Waals surface area contributed by atoms with Gasteiger partial charge in [-0.15, -0.1) is 0 Å². The summed E-state index contributed by atoms with van der Waals surface area (Å²) in [5, 5.41) is 9.13. The van der Waals surface area contributed by atoms with Gasteiger partial charge in [0.05, 0.1) is 21.0 Å². The van der Waals surface area contributed by atoms with Gasteiger partial charge in [0.1, 0.15) is 0 Å². The average molecular weight is 349 g/mol. The van der Waals surface area contributed by atoms with Crippen molar-refractivity contribution in [3.63, 3.8) is 0 Å². The monoisotopic (exact) mass is 348 g/mol. The molecule has 24 heavy (non-hydrogen) atoms. The van der Waals surface area contributed by atoms with Crippen molar-refractivity contribution in [3.05, 3.63) is 22.7 Å². The first-order valence-corrected chi connectivity index (χ1v) is 7.82. The van der Waals surface area contributed by atoms with Gasteiger partial charge in [0.2, 0.25) is 23.1 Å². The Labute approximate surface area is 158 Å². The number of methoxy groups -OCH3 is 2. The zero-order valence-corrected chi connectivity index (χ0v) is 13.7. The third kappa shape index (κ3) is 5.48. The molecule has 0 bridgehead atoms. The van der Waals surface area contributed by atoms with E-state index in [1.165, 1.54) is 0 Å². The zero-order valence-electron chi connectivity index (χ0n) is 23.7. The van der Waals surface area contributed by atoms with Crippen molar-refractivity contribution in [2.24, 2.45) is 0 Å². The Balaban J connectivity index is 2.82. The molecule has 0 heterocycles. The lowest BCUT2D eigenvalue weighted by molar-refractivity contribution is -0.121. The van der Waals surface area contributed by atoms with Crippen LogP contribution in [0, 0.1) is 0 Å². The predicted octanol–water partition coefficient (Wildman–Crippen LogP) is 3.46. The number of unbranched alkanes of at least 4 members (excludes halogenated alkanes) is 4. The second kappa shape index (κ2) is 11.0. The summed E-state index contributed by atoms with van der Waals surface area (Å²) in [6.07, 6.45) is -0.130. The standard InChI is InChI=1S/C19H30O5/c1-14-15(12-10-8-6-4-5-7-9-11-13-20)17(22)19(24-3)18(23-2)16(14)21/h20H,4-13H2,1-3H3/i1D3,3D3,9D2,13D2. The van der Waals surface area contributed by atoms with Gasteiger partial charge in [0, 0.05) is 24.6 Å². The van der Waals surface area contributed by atoms with Gasteiger partial charge in [-0.3, -0.25) is 9.59 Å². The Morgan fingerprint density at radius 3 is 2.25 bits per heavy atom. The first-order chi connectivity index (χ1) is 15.3. The topological polar surface area (TPSA) is 72.8 Å². The number of hydrogen-bond acceptors (Lipinski definition) is 5. The Morgan fingerprint density at radius 2 is 1.62 bits per heavy atom. The van der Waals surface area contributed by atoms with Crippen molar-refractivity contribution in [3.8, 4) is 0 Å². The Bertz CT molecular complexity index is 819. The molecule has 5 heteroatoms. The SMILES string of the molecule is [2H]C([2H])(O)CC([2H])([2H])CCCCCCCC1=C(C([2H])([2H])[2H])C(=O)C(OC)=C(OC([2H])([2H])[2H])C1=O. The molecule has 0 aromatic heterocycles. The van der Waals surface area contributed by atoms with Crippen LogP contribution in [0.1, 0.15) is 78.3 Å². The van der Waals surface area contributed by atoms with Crippen LogP contribution in [0.25, 0.3) is 0 Å². The van der Waals surface area contributed by atoms with Crippen LogP contribution in [0.2, 0.25) is 0 Å². The van der Waals surface area contributed by atoms with Crippen LogP contribution in [-0.2, 0) is 19.1 Å². The number of Topliss-reactive ketones (excluding diaryl/α,β-unsaturated/α-hetero) is 2. The summed E-state index contributed by atoms with van der Waals surface area (Å²) in [5.41, 5.74) is -1.06. The van der Waals surface area contributed by atoms with E-state index in [0.29, 0.717) is 32.1 Å². The van der Waals surface area contributed by atoms with Crippen molar-refractivity contribution in [2.75, 3.05) is 20.7 Å². The van der Waals surface area contributed by atoms with Crippen LogP contribution in [0.15, 0.2) is 22.7 Å². The van der Waals surface area contributed by atoms with E-state index in [2.05, 4.69) is 4.74 Å². The van der Waals surface area contributed by atoms with E-state index >= 15 is 0 Å². The molecule has 0 saturated heterocycles. The highest BCUT2D eigenvalue weighted by Gasteiger charge is 2.34. The number of carbonyl (C=O) groups excluding carboxylic acids is 2. The summed E-state index contributed by atoms with van der Waals surface area (Å²) in [7, 11) is -2.05. The molecule has 1 aliphatic carbocycles. The van der Waals surface area contributed by atoms with Crippen LogP contribution in [0.3, 0.4) is 0 Å². The Kier molecular flexibility index (Phi) is 4.48. The first kappa shape index (κ1) is 9.76. The highest BCUT2D eigenvalue weighted by molar-refractivity contribution is 6.23. The maximum absolute atomic E-state index is 12.9. The molecule has 0 aliphatic heterocycles. The minimum Gasteiger partial charge on any atom is -0.489 e. The third-order valence-electron chi connectivity index (χ3n) is 3.71. The molecule has 1 aliphatic rings. The van der Waals surface area contributed by atoms with E-state index in [9.17, 15) is 9.59 Å². The number of hydrogen-bond donors (Lipinski definition) is 1. The average Bonchev–Trinajstić information content (AvgIpc) is 2.60. The second-order valence-corrected chi connectivity index (χ2v) is 5.33. The molecule has 5 nitrogen and oxygen atoms in total. The Morgan fingerprint density at radius 1 is 0.958 bits per heavy atom. The fourth-order valence-corrected chi connectivity index (χ4v) is 2.45. The van der Waals surface area contributed by atoms with Gasteiger partial charge in [0.25, 0.3) is 0 Å². The number of ether oxygens (including phenoxy) is 2. The first-order valence-electron chi connectivity index (χ1n) is 12.8. The third-order valence-corrected chi connectivity index (χ3v) is 3.71. The molecule has 1 rings (SSSR count). The molecule has 0 spiro atoms. The van der Waals surface area contributed by atoms with E-state index in [1.807, 2.05) is 0 Å². The van der Waals surface area contributed by atoms with Gasteiger partial charge < -0.3 is 14.6 Å². The van der Waals surface area contributed by atoms with Crippen LogP contribution in [-0.4, -0.2) is 37.4 Å². The maximum atomic E-state index is 12.9. The van der Waals surface area contributed by atoms with Crippen molar-refractivity contribution in [2.45, 2.75) is 64.6 Å². The van der Waals surface area contributed by atoms with Crippen LogP contribution >= 0.6 is 0 Å². The van der Waals surface area contributed by atoms with Gasteiger partial charge in [-0.2, -0.15) is 0 Å². The van der Waals surface area contributed by atoms with Crippen molar-refractivity contribution < 1.29 is 37.9 Å². The number of aliphatic hydroxyl groups is 1. The number of rotatable bonds is 12. The molecule has 0 saturated carbocycles.